The maximum absolute atomic E-state index is 12.7. The molecule has 48 heavy (non-hydrogen) atoms. The van der Waals surface area contributed by atoms with Gasteiger partial charge in [-0.2, -0.15) is 9.19 Å². The van der Waals surface area contributed by atoms with Crippen LogP contribution in [0.15, 0.2) is 36.9 Å². The van der Waals surface area contributed by atoms with Crippen molar-refractivity contribution < 1.29 is 21.9 Å². The summed E-state index contributed by atoms with van der Waals surface area (Å²) in [4.78, 5) is 13.5. The Labute approximate surface area is 282 Å². The Bertz CT molecular complexity index is 1900. The van der Waals surface area contributed by atoms with Crippen molar-refractivity contribution in [2.24, 2.45) is 17.8 Å². The van der Waals surface area contributed by atoms with Crippen LogP contribution >= 0.6 is 0 Å². The number of rotatable bonds is 11. The second-order valence-corrected chi connectivity index (χ2v) is 17.8. The van der Waals surface area contributed by atoms with Crippen LogP contribution in [-0.2, 0) is 20.0 Å². The van der Waals surface area contributed by atoms with Gasteiger partial charge in [-0.15, -0.1) is 0 Å². The molecule has 1 saturated heterocycles. The lowest BCUT2D eigenvalue weighted by molar-refractivity contribution is 0.170. The normalized spacial score (nSPS) is 22.5. The predicted molar refractivity (Wildman–Crippen MR) is 182 cm³/mol. The van der Waals surface area contributed by atoms with Gasteiger partial charge in [0.1, 0.15) is 11.6 Å². The van der Waals surface area contributed by atoms with Gasteiger partial charge in [0.15, 0.2) is 5.82 Å². The molecule has 0 bridgehead atoms. The van der Waals surface area contributed by atoms with E-state index in [9.17, 15) is 21.9 Å². The highest BCUT2D eigenvalue weighted by Gasteiger charge is 2.41. The highest BCUT2D eigenvalue weighted by atomic mass is 32.2. The van der Waals surface area contributed by atoms with Crippen LogP contribution in [0.4, 0.5) is 17.3 Å². The minimum atomic E-state index is -3.49. The van der Waals surface area contributed by atoms with Gasteiger partial charge in [-0.05, 0) is 82.1 Å². The third kappa shape index (κ3) is 7.51. The highest BCUT2D eigenvalue weighted by Crippen LogP contribution is 2.34. The summed E-state index contributed by atoms with van der Waals surface area (Å²) in [5.41, 5.74) is 2.11. The van der Waals surface area contributed by atoms with Crippen molar-refractivity contribution in [3.8, 4) is 23.2 Å². The zero-order valence-corrected chi connectivity index (χ0v) is 28.5. The lowest BCUT2D eigenvalue weighted by atomic mass is 9.82. The van der Waals surface area contributed by atoms with E-state index in [1.165, 1.54) is 12.4 Å². The van der Waals surface area contributed by atoms with Crippen molar-refractivity contribution >= 4 is 37.4 Å². The molecule has 4 fully saturated rings. The Kier molecular flexibility index (Phi) is 9.43. The summed E-state index contributed by atoms with van der Waals surface area (Å²) in [5.74, 6) is 9.11. The van der Waals surface area contributed by atoms with Gasteiger partial charge < -0.3 is 15.7 Å². The summed E-state index contributed by atoms with van der Waals surface area (Å²) >= 11 is 0. The molecule has 0 spiro atoms. The first-order valence-electron chi connectivity index (χ1n) is 16.9. The molecule has 3 aliphatic carbocycles. The zero-order valence-electron chi connectivity index (χ0n) is 26.8. The number of aromatic nitrogens is 5. The average molecular weight is 695 g/mol. The van der Waals surface area contributed by atoms with E-state index in [-0.39, 0.29) is 23.0 Å². The Hall–Kier alpha value is -3.58. The van der Waals surface area contributed by atoms with Gasteiger partial charge in [-0.1, -0.05) is 11.8 Å². The van der Waals surface area contributed by atoms with Gasteiger partial charge >= 0.3 is 0 Å². The van der Waals surface area contributed by atoms with Gasteiger partial charge in [0.2, 0.25) is 10.0 Å². The van der Waals surface area contributed by atoms with Gasteiger partial charge in [-0.3, -0.25) is 0 Å². The summed E-state index contributed by atoms with van der Waals surface area (Å²) in [6, 6.07) is 3.63. The second kappa shape index (κ2) is 13.7. The molecular formula is C33H42N8O5S2. The Morgan fingerprint density at radius 3 is 2.27 bits per heavy atom. The van der Waals surface area contributed by atoms with Crippen LogP contribution in [0.5, 0.6) is 0 Å². The topological polar surface area (TPSA) is 172 Å². The average Bonchev–Trinajstić information content (AvgIpc) is 4.05. The van der Waals surface area contributed by atoms with Crippen molar-refractivity contribution in [2.45, 2.75) is 74.7 Å². The number of sulfonamides is 1. The van der Waals surface area contributed by atoms with Crippen LogP contribution in [0.2, 0.25) is 0 Å². The zero-order chi connectivity index (χ0) is 33.3. The predicted octanol–water partition coefficient (Wildman–Crippen LogP) is 3.59. The van der Waals surface area contributed by atoms with E-state index in [0.717, 1.165) is 60.4 Å². The molecule has 3 N–H and O–H groups in total. The molecule has 3 saturated carbocycles. The molecule has 0 radical (unpaired) electrons. The maximum Gasteiger partial charge on any atom is 0.256 e. The fraction of sp³-hybridized carbons (Fsp3) is 0.576. The van der Waals surface area contributed by atoms with Crippen LogP contribution < -0.4 is 10.6 Å². The van der Waals surface area contributed by atoms with E-state index < -0.39 is 20.0 Å². The summed E-state index contributed by atoms with van der Waals surface area (Å²) < 4.78 is 53.1. The molecule has 7 rings (SSSR count). The van der Waals surface area contributed by atoms with E-state index in [1.54, 1.807) is 22.8 Å². The Balaban J connectivity index is 1.06. The quantitative estimate of drug-likeness (QED) is 0.251. The van der Waals surface area contributed by atoms with E-state index in [4.69, 9.17) is 0 Å². The number of hydrogen-bond acceptors (Lipinski definition) is 11. The summed E-state index contributed by atoms with van der Waals surface area (Å²) in [7, 11) is -6.65. The second-order valence-electron chi connectivity index (χ2n) is 13.5. The van der Waals surface area contributed by atoms with E-state index in [0.29, 0.717) is 73.6 Å². The highest BCUT2D eigenvalue weighted by molar-refractivity contribution is 7.90. The first kappa shape index (κ1) is 32.9. The molecule has 1 aliphatic heterocycles. The number of hydrogen-bond donors (Lipinski definition) is 3. The largest absolute Gasteiger partial charge is 0.396 e. The van der Waals surface area contributed by atoms with Crippen LogP contribution in [0.25, 0.3) is 11.4 Å². The molecule has 256 valence electrons. The molecule has 4 heterocycles. The van der Waals surface area contributed by atoms with Crippen molar-refractivity contribution in [3.63, 3.8) is 0 Å². The number of nitrogens with zero attached hydrogens (tertiary/aromatic N) is 6. The molecule has 0 atom stereocenters. The third-order valence-electron chi connectivity index (χ3n) is 9.82. The fourth-order valence-electron chi connectivity index (χ4n) is 6.43. The molecule has 0 aromatic carbocycles. The number of nitrogens with one attached hydrogen (secondary N) is 2. The molecular weight excluding hydrogens is 653 g/mol. The van der Waals surface area contributed by atoms with Crippen LogP contribution in [0.1, 0.15) is 69.8 Å². The third-order valence-corrected chi connectivity index (χ3v) is 14.3. The lowest BCUT2D eigenvalue weighted by Crippen LogP contribution is -2.40. The van der Waals surface area contributed by atoms with Gasteiger partial charge in [-0.25, -0.2) is 36.1 Å². The molecule has 15 heteroatoms. The molecule has 3 aromatic heterocycles. The number of anilines is 3. The molecule has 4 aliphatic rings. The van der Waals surface area contributed by atoms with Gasteiger partial charge in [0.25, 0.3) is 10.0 Å². The van der Waals surface area contributed by atoms with Crippen molar-refractivity contribution in [3.05, 3.63) is 42.5 Å². The lowest BCUT2D eigenvalue weighted by Gasteiger charge is -2.29. The van der Waals surface area contributed by atoms with Crippen LogP contribution in [0.3, 0.4) is 0 Å². The number of pyridine rings is 1. The molecule has 3 aromatic rings. The summed E-state index contributed by atoms with van der Waals surface area (Å²) in [5, 5.41) is 19.9. The van der Waals surface area contributed by atoms with E-state index in [2.05, 4.69) is 42.5 Å². The molecule has 0 unspecified atom stereocenters. The molecule has 13 nitrogen and oxygen atoms in total. The van der Waals surface area contributed by atoms with Gasteiger partial charge in [0.05, 0.1) is 39.7 Å². The smallest absolute Gasteiger partial charge is 0.256 e. The van der Waals surface area contributed by atoms with Crippen molar-refractivity contribution in [1.29, 1.82) is 0 Å². The minimum Gasteiger partial charge on any atom is -0.396 e. The van der Waals surface area contributed by atoms with Crippen LogP contribution in [-0.4, -0.2) is 87.1 Å². The van der Waals surface area contributed by atoms with Gasteiger partial charge in [0, 0.05) is 50.6 Å². The van der Waals surface area contributed by atoms with Crippen LogP contribution in [0, 0.1) is 29.6 Å². The Morgan fingerprint density at radius 2 is 1.56 bits per heavy atom. The number of aliphatic hydroxyl groups excluding tert-OH is 1. The number of piperidine rings is 1. The van der Waals surface area contributed by atoms with Crippen molar-refractivity contribution in [2.75, 3.05) is 36.9 Å². The first-order valence-corrected chi connectivity index (χ1v) is 19.9. The molecule has 0 amide bonds. The SMILES string of the molecule is O=S(=O)(C1CC1)N1CCC(C#Cc2cnc(Nc3ccnc(-c4cnn(S(=O)(=O)C5CC5)c4)n3)cc2NCC2CCC(CO)CC2)CC1. The summed E-state index contributed by atoms with van der Waals surface area (Å²) in [6.45, 7) is 2.05. The van der Waals surface area contributed by atoms with Crippen molar-refractivity contribution in [1.82, 2.24) is 28.4 Å². The standard InChI is InChI=1S/C33H42N8O5S2/c42-22-25-3-1-24(2-4-25)18-35-30-17-32(36-19-26(30)6-5-23-12-15-40(16-13-23)47(43,44)28-7-8-28)38-31-11-14-34-33(39-31)27-20-37-41(21-27)48(45,46)29-9-10-29/h11,14,17,19-21,23-25,28-29,42H,1-4,7-10,12-13,15-16,18,22H2,(H2,34,35,36,38,39). The number of aliphatic hydroxyl groups is 1. The fourth-order valence-corrected chi connectivity index (χ4v) is 9.78. The minimum absolute atomic E-state index is 0.109. The van der Waals surface area contributed by atoms with E-state index >= 15 is 0 Å². The first-order chi connectivity index (χ1) is 23.2. The van der Waals surface area contributed by atoms with E-state index in [1.807, 2.05) is 6.07 Å². The maximum atomic E-state index is 12.7. The summed E-state index contributed by atoms with van der Waals surface area (Å²) in [6.07, 6.45) is 14.7. The monoisotopic (exact) mass is 694 g/mol. The Morgan fingerprint density at radius 1 is 0.854 bits per heavy atom.